The van der Waals surface area contributed by atoms with E-state index in [-0.39, 0.29) is 5.75 Å². The summed E-state index contributed by atoms with van der Waals surface area (Å²) >= 11 is 0. The van der Waals surface area contributed by atoms with Gasteiger partial charge in [0.2, 0.25) is 5.89 Å². The number of nitrogens with zero attached hydrogens (tertiary/aromatic N) is 1. The van der Waals surface area contributed by atoms with Crippen LogP contribution in [0, 0.1) is 5.92 Å². The molecule has 5 heteroatoms. The fourth-order valence-electron chi connectivity index (χ4n) is 2.61. The number of phenols is 1. The molecule has 1 aromatic carbocycles. The molecule has 0 aliphatic carbocycles. The molecule has 5 nitrogen and oxygen atoms in total. The van der Waals surface area contributed by atoms with E-state index in [0.29, 0.717) is 30.0 Å². The Balaban J connectivity index is 1.61. The fourth-order valence-corrected chi connectivity index (χ4v) is 2.61. The molecule has 2 heterocycles. The van der Waals surface area contributed by atoms with Crippen molar-refractivity contribution in [2.75, 3.05) is 13.2 Å². The number of rotatable bonds is 4. The Morgan fingerprint density at radius 3 is 3.20 bits per heavy atom. The van der Waals surface area contributed by atoms with Crippen molar-refractivity contribution in [3.05, 3.63) is 24.1 Å². The van der Waals surface area contributed by atoms with Gasteiger partial charge >= 0.3 is 0 Å². The molecule has 0 bridgehead atoms. The molecule has 0 radical (unpaired) electrons. The first-order valence-corrected chi connectivity index (χ1v) is 7.12. The van der Waals surface area contributed by atoms with E-state index in [2.05, 4.69) is 17.2 Å². The minimum Gasteiger partial charge on any atom is -0.508 e. The van der Waals surface area contributed by atoms with Crippen LogP contribution in [0.3, 0.4) is 0 Å². The number of oxazole rings is 1. The maximum atomic E-state index is 9.41. The number of hydrogen-bond donors (Lipinski definition) is 2. The summed E-state index contributed by atoms with van der Waals surface area (Å²) in [5.74, 6) is 1.40. The third-order valence-electron chi connectivity index (χ3n) is 3.89. The van der Waals surface area contributed by atoms with Gasteiger partial charge in [-0.2, -0.15) is 0 Å². The summed E-state index contributed by atoms with van der Waals surface area (Å²) < 4.78 is 11.1. The summed E-state index contributed by atoms with van der Waals surface area (Å²) in [6.45, 7) is 4.48. The van der Waals surface area contributed by atoms with E-state index in [0.717, 1.165) is 25.2 Å². The molecule has 1 saturated heterocycles. The summed E-state index contributed by atoms with van der Waals surface area (Å²) in [6.07, 6.45) is 2.34. The number of aromatic hydroxyl groups is 1. The first kappa shape index (κ1) is 13.4. The van der Waals surface area contributed by atoms with E-state index in [1.165, 1.54) is 6.42 Å². The molecule has 1 aliphatic rings. The Kier molecular flexibility index (Phi) is 3.89. The first-order valence-electron chi connectivity index (χ1n) is 7.12. The van der Waals surface area contributed by atoms with E-state index in [4.69, 9.17) is 9.15 Å². The van der Waals surface area contributed by atoms with Crippen molar-refractivity contribution in [2.45, 2.75) is 32.4 Å². The number of aromatic nitrogens is 1. The number of ether oxygens (including phenoxy) is 1. The molecule has 0 spiro atoms. The van der Waals surface area contributed by atoms with Crippen molar-refractivity contribution in [3.8, 4) is 5.75 Å². The van der Waals surface area contributed by atoms with Crippen LogP contribution in [0.15, 0.2) is 22.6 Å². The third kappa shape index (κ3) is 2.94. The number of fused-ring (bicyclic) bond motifs is 1. The lowest BCUT2D eigenvalue weighted by Crippen LogP contribution is -2.37. The number of benzene rings is 1. The molecular weight excluding hydrogens is 256 g/mol. The summed E-state index contributed by atoms with van der Waals surface area (Å²) in [4.78, 5) is 4.40. The summed E-state index contributed by atoms with van der Waals surface area (Å²) in [7, 11) is 0. The van der Waals surface area contributed by atoms with Crippen LogP contribution in [0.1, 0.15) is 25.7 Å². The second-order valence-corrected chi connectivity index (χ2v) is 5.41. The molecule has 1 fully saturated rings. The monoisotopic (exact) mass is 276 g/mol. The van der Waals surface area contributed by atoms with E-state index >= 15 is 0 Å². The Morgan fingerprint density at radius 2 is 2.40 bits per heavy atom. The predicted octanol–water partition coefficient (Wildman–Crippen LogP) is 2.44. The van der Waals surface area contributed by atoms with Gasteiger partial charge in [0.25, 0.3) is 0 Å². The van der Waals surface area contributed by atoms with Gasteiger partial charge in [-0.25, -0.2) is 4.98 Å². The molecule has 1 aliphatic heterocycles. The molecule has 2 N–H and O–H groups in total. The van der Waals surface area contributed by atoms with E-state index in [1.807, 2.05) is 0 Å². The highest BCUT2D eigenvalue weighted by Crippen LogP contribution is 2.21. The summed E-state index contributed by atoms with van der Waals surface area (Å²) in [6, 6.07) is 5.34. The first-order chi connectivity index (χ1) is 9.72. The van der Waals surface area contributed by atoms with Crippen molar-refractivity contribution in [2.24, 2.45) is 5.92 Å². The van der Waals surface area contributed by atoms with Crippen LogP contribution in [-0.2, 0) is 11.3 Å². The van der Waals surface area contributed by atoms with Gasteiger partial charge in [-0.15, -0.1) is 0 Å². The Labute approximate surface area is 117 Å². The molecule has 0 saturated carbocycles. The highest BCUT2D eigenvalue weighted by Gasteiger charge is 2.20. The molecule has 108 valence electrons. The predicted molar refractivity (Wildman–Crippen MR) is 75.5 cm³/mol. The molecule has 0 unspecified atom stereocenters. The Hall–Kier alpha value is -1.59. The van der Waals surface area contributed by atoms with Gasteiger partial charge in [-0.05, 0) is 37.8 Å². The Bertz CT molecular complexity index is 576. The van der Waals surface area contributed by atoms with Crippen molar-refractivity contribution in [1.82, 2.24) is 10.3 Å². The van der Waals surface area contributed by atoms with Crippen LogP contribution >= 0.6 is 0 Å². The van der Waals surface area contributed by atoms with Gasteiger partial charge in [0.1, 0.15) is 11.3 Å². The molecule has 3 rings (SSSR count). The van der Waals surface area contributed by atoms with E-state index < -0.39 is 0 Å². The zero-order valence-electron chi connectivity index (χ0n) is 11.6. The van der Waals surface area contributed by atoms with Crippen LogP contribution in [0.25, 0.3) is 11.1 Å². The van der Waals surface area contributed by atoms with Crippen molar-refractivity contribution in [3.63, 3.8) is 0 Å². The molecule has 0 amide bonds. The quantitative estimate of drug-likeness (QED) is 0.897. The van der Waals surface area contributed by atoms with Crippen LogP contribution in [0.5, 0.6) is 5.75 Å². The highest BCUT2D eigenvalue weighted by atomic mass is 16.5. The van der Waals surface area contributed by atoms with Crippen LogP contribution in [-0.4, -0.2) is 29.3 Å². The molecule has 1 aromatic heterocycles. The van der Waals surface area contributed by atoms with Crippen molar-refractivity contribution >= 4 is 11.1 Å². The van der Waals surface area contributed by atoms with E-state index in [9.17, 15) is 5.11 Å². The minimum atomic E-state index is 0.195. The van der Waals surface area contributed by atoms with Gasteiger partial charge in [0.15, 0.2) is 5.58 Å². The highest BCUT2D eigenvalue weighted by molar-refractivity contribution is 5.74. The number of hydrogen-bond acceptors (Lipinski definition) is 5. The molecule has 2 atom stereocenters. The van der Waals surface area contributed by atoms with Crippen LogP contribution in [0.2, 0.25) is 0 Å². The third-order valence-corrected chi connectivity index (χ3v) is 3.89. The zero-order chi connectivity index (χ0) is 13.9. The second-order valence-electron chi connectivity index (χ2n) is 5.41. The lowest BCUT2D eigenvalue weighted by atomic mass is 9.95. The lowest BCUT2D eigenvalue weighted by Gasteiger charge is -2.28. The summed E-state index contributed by atoms with van der Waals surface area (Å²) in [5, 5.41) is 12.9. The average molecular weight is 276 g/mol. The van der Waals surface area contributed by atoms with Gasteiger partial charge in [0.05, 0.1) is 13.2 Å². The maximum Gasteiger partial charge on any atom is 0.209 e. The van der Waals surface area contributed by atoms with Crippen LogP contribution in [0.4, 0.5) is 0 Å². The molecule has 20 heavy (non-hydrogen) atoms. The topological polar surface area (TPSA) is 67.5 Å². The smallest absolute Gasteiger partial charge is 0.209 e. The van der Waals surface area contributed by atoms with E-state index in [1.54, 1.807) is 18.2 Å². The van der Waals surface area contributed by atoms with Crippen LogP contribution < -0.4 is 5.32 Å². The zero-order valence-corrected chi connectivity index (χ0v) is 11.6. The fraction of sp³-hybridized carbons (Fsp3) is 0.533. The SMILES string of the molecule is C[C@@H](NCc1nc2ccc(O)cc2o1)[C@@H]1CCCOC1. The largest absolute Gasteiger partial charge is 0.508 e. The average Bonchev–Trinajstić information content (AvgIpc) is 2.87. The number of phenolic OH excluding ortho intramolecular Hbond substituents is 1. The standard InChI is InChI=1S/C15H20N2O3/c1-10(11-3-2-6-19-9-11)16-8-15-17-13-5-4-12(18)7-14(13)20-15/h4-5,7,10-11,16,18H,2-3,6,8-9H2,1H3/t10-,11-/m1/s1. The normalized spacial score (nSPS) is 21.1. The summed E-state index contributed by atoms with van der Waals surface area (Å²) in [5.41, 5.74) is 1.39. The molecule has 2 aromatic rings. The van der Waals surface area contributed by atoms with Crippen molar-refractivity contribution < 1.29 is 14.3 Å². The number of nitrogens with one attached hydrogen (secondary N) is 1. The minimum absolute atomic E-state index is 0.195. The maximum absolute atomic E-state index is 9.41. The van der Waals surface area contributed by atoms with Gasteiger partial charge in [0, 0.05) is 18.7 Å². The molecular formula is C15H20N2O3. The van der Waals surface area contributed by atoms with Crippen molar-refractivity contribution in [1.29, 1.82) is 0 Å². The van der Waals surface area contributed by atoms with Gasteiger partial charge in [-0.3, -0.25) is 0 Å². The van der Waals surface area contributed by atoms with Gasteiger partial charge < -0.3 is 19.6 Å². The van der Waals surface area contributed by atoms with Gasteiger partial charge in [-0.1, -0.05) is 0 Å². The second kappa shape index (κ2) is 5.81. The Morgan fingerprint density at radius 1 is 1.50 bits per heavy atom. The lowest BCUT2D eigenvalue weighted by molar-refractivity contribution is 0.0414.